The summed E-state index contributed by atoms with van der Waals surface area (Å²) >= 11 is 9.22. The van der Waals surface area contributed by atoms with Crippen molar-refractivity contribution in [2.24, 2.45) is 5.92 Å². The Kier molecular flexibility index (Phi) is 4.77. The molecule has 94 valence electrons. The Balaban J connectivity index is 1.91. The van der Waals surface area contributed by atoms with E-state index >= 15 is 0 Å². The van der Waals surface area contributed by atoms with Crippen LogP contribution in [0.25, 0.3) is 0 Å². The van der Waals surface area contributed by atoms with Gasteiger partial charge in [-0.05, 0) is 66.8 Å². The highest BCUT2D eigenvalue weighted by atomic mass is 79.9. The minimum Gasteiger partial charge on any atom is -0.304 e. The summed E-state index contributed by atoms with van der Waals surface area (Å²) < 4.78 is 0.843. The van der Waals surface area contributed by atoms with Gasteiger partial charge in [0.25, 0.3) is 0 Å². The normalized spacial score (nSPS) is 18.5. The molecular formula is C12H17BrClN3. The van der Waals surface area contributed by atoms with Crippen LogP contribution in [0.2, 0.25) is 5.15 Å². The average molecular weight is 319 g/mol. The quantitative estimate of drug-likeness (QED) is 0.857. The molecule has 1 aromatic rings. The Labute approximate surface area is 116 Å². The summed E-state index contributed by atoms with van der Waals surface area (Å²) in [7, 11) is 0. The maximum Gasteiger partial charge on any atom is 0.165 e. The zero-order valence-corrected chi connectivity index (χ0v) is 12.3. The summed E-state index contributed by atoms with van der Waals surface area (Å²) in [4.78, 5) is 2.50. The molecule has 0 saturated carbocycles. The molecule has 17 heavy (non-hydrogen) atoms. The minimum atomic E-state index is 0.439. The lowest BCUT2D eigenvalue weighted by Gasteiger charge is -2.30. The van der Waals surface area contributed by atoms with Crippen LogP contribution in [0.5, 0.6) is 0 Å². The van der Waals surface area contributed by atoms with Gasteiger partial charge in [-0.25, -0.2) is 0 Å². The highest BCUT2D eigenvalue weighted by Crippen LogP contribution is 2.24. The molecule has 0 unspecified atom stereocenters. The lowest BCUT2D eigenvalue weighted by atomic mass is 9.92. The molecule has 0 radical (unpaired) electrons. The van der Waals surface area contributed by atoms with E-state index in [-0.39, 0.29) is 0 Å². The van der Waals surface area contributed by atoms with Crippen LogP contribution in [0.1, 0.15) is 25.5 Å². The van der Waals surface area contributed by atoms with E-state index in [1.165, 1.54) is 32.5 Å². The summed E-state index contributed by atoms with van der Waals surface area (Å²) in [5.41, 5.74) is 1.04. The van der Waals surface area contributed by atoms with E-state index in [0.29, 0.717) is 5.15 Å². The first-order chi connectivity index (χ1) is 8.19. The number of piperidine rings is 1. The topological polar surface area (TPSA) is 29.0 Å². The summed E-state index contributed by atoms with van der Waals surface area (Å²) in [6, 6.07) is 1.99. The lowest BCUT2D eigenvalue weighted by Crippen LogP contribution is -2.34. The van der Waals surface area contributed by atoms with Crippen molar-refractivity contribution in [1.82, 2.24) is 15.1 Å². The summed E-state index contributed by atoms with van der Waals surface area (Å²) in [5, 5.41) is 8.52. The molecule has 0 bridgehead atoms. The highest BCUT2D eigenvalue weighted by Gasteiger charge is 2.19. The molecule has 0 N–H and O–H groups in total. The molecule has 1 aliphatic heterocycles. The fraction of sp³-hybridized carbons (Fsp3) is 0.667. The van der Waals surface area contributed by atoms with Crippen molar-refractivity contribution in [2.75, 3.05) is 19.6 Å². The molecule has 5 heteroatoms. The van der Waals surface area contributed by atoms with E-state index in [0.717, 1.165) is 22.5 Å². The largest absolute Gasteiger partial charge is 0.304 e. The lowest BCUT2D eigenvalue weighted by molar-refractivity contribution is 0.191. The van der Waals surface area contributed by atoms with Gasteiger partial charge in [-0.1, -0.05) is 18.5 Å². The minimum absolute atomic E-state index is 0.439. The molecule has 1 fully saturated rings. The second-order valence-corrected chi connectivity index (χ2v) is 5.77. The van der Waals surface area contributed by atoms with Crippen molar-refractivity contribution in [3.63, 3.8) is 0 Å². The number of rotatable bonds is 3. The summed E-state index contributed by atoms with van der Waals surface area (Å²) in [6.07, 6.45) is 3.53. The fourth-order valence-corrected chi connectivity index (χ4v) is 2.73. The first-order valence-corrected chi connectivity index (χ1v) is 7.26. The molecule has 0 aromatic carbocycles. The van der Waals surface area contributed by atoms with E-state index in [9.17, 15) is 0 Å². The number of halogens is 2. The third kappa shape index (κ3) is 3.63. The van der Waals surface area contributed by atoms with Crippen LogP contribution >= 0.6 is 27.5 Å². The van der Waals surface area contributed by atoms with Crippen molar-refractivity contribution >= 4 is 27.5 Å². The van der Waals surface area contributed by atoms with E-state index in [1.807, 2.05) is 6.07 Å². The van der Waals surface area contributed by atoms with Gasteiger partial charge in [0, 0.05) is 0 Å². The Morgan fingerprint density at radius 2 is 2.12 bits per heavy atom. The molecule has 0 spiro atoms. The van der Waals surface area contributed by atoms with E-state index in [2.05, 4.69) is 38.0 Å². The van der Waals surface area contributed by atoms with Crippen LogP contribution in [0.3, 0.4) is 0 Å². The van der Waals surface area contributed by atoms with Crippen LogP contribution < -0.4 is 0 Å². The number of aromatic nitrogens is 2. The van der Waals surface area contributed by atoms with Crippen LogP contribution in [-0.4, -0.2) is 34.7 Å². The zero-order valence-electron chi connectivity index (χ0n) is 9.99. The Morgan fingerprint density at radius 3 is 2.71 bits per heavy atom. The third-order valence-electron chi connectivity index (χ3n) is 3.41. The molecule has 2 rings (SSSR count). The van der Waals surface area contributed by atoms with Crippen molar-refractivity contribution < 1.29 is 0 Å². The van der Waals surface area contributed by atoms with Gasteiger partial charge in [0.05, 0.1) is 10.2 Å². The third-order valence-corrected chi connectivity index (χ3v) is 4.52. The summed E-state index contributed by atoms with van der Waals surface area (Å²) in [6.45, 7) is 5.81. The maximum atomic E-state index is 5.83. The Morgan fingerprint density at radius 1 is 1.41 bits per heavy atom. The molecule has 1 saturated heterocycles. The molecule has 1 aliphatic rings. The van der Waals surface area contributed by atoms with E-state index in [1.54, 1.807) is 0 Å². The van der Waals surface area contributed by atoms with E-state index in [4.69, 9.17) is 11.6 Å². The first-order valence-electron chi connectivity index (χ1n) is 6.09. The second kappa shape index (κ2) is 6.12. The fourth-order valence-electron chi connectivity index (χ4n) is 2.29. The standard InChI is InChI=1S/C12H17BrClN3/c1-2-17-5-3-9(4-6-17)7-10-8-11(13)12(14)16-15-10/h8-9H,2-7H2,1H3. The van der Waals surface area contributed by atoms with Crippen LogP contribution in [-0.2, 0) is 6.42 Å². The number of likely N-dealkylation sites (tertiary alicyclic amines) is 1. The van der Waals surface area contributed by atoms with Gasteiger partial charge in [-0.15, -0.1) is 5.10 Å². The van der Waals surface area contributed by atoms with Crippen molar-refractivity contribution in [2.45, 2.75) is 26.2 Å². The van der Waals surface area contributed by atoms with Crippen LogP contribution in [0, 0.1) is 5.92 Å². The predicted octanol–water partition coefficient (Wildman–Crippen LogP) is 3.17. The average Bonchev–Trinajstić information content (AvgIpc) is 2.35. The molecule has 1 aromatic heterocycles. The Bertz CT molecular complexity index is 378. The monoisotopic (exact) mass is 317 g/mol. The van der Waals surface area contributed by atoms with E-state index < -0.39 is 0 Å². The van der Waals surface area contributed by atoms with Gasteiger partial charge in [-0.2, -0.15) is 5.10 Å². The number of nitrogens with zero attached hydrogens (tertiary/aromatic N) is 3. The van der Waals surface area contributed by atoms with Crippen molar-refractivity contribution in [1.29, 1.82) is 0 Å². The molecule has 3 nitrogen and oxygen atoms in total. The molecular weight excluding hydrogens is 302 g/mol. The molecule has 0 aliphatic carbocycles. The second-order valence-electron chi connectivity index (χ2n) is 4.56. The molecule has 0 atom stereocenters. The number of hydrogen-bond acceptors (Lipinski definition) is 3. The molecule has 2 heterocycles. The van der Waals surface area contributed by atoms with Crippen LogP contribution in [0.4, 0.5) is 0 Å². The predicted molar refractivity (Wildman–Crippen MR) is 73.3 cm³/mol. The van der Waals surface area contributed by atoms with Gasteiger partial charge >= 0.3 is 0 Å². The van der Waals surface area contributed by atoms with Gasteiger partial charge < -0.3 is 4.90 Å². The first kappa shape index (κ1) is 13.2. The molecule has 0 amide bonds. The highest BCUT2D eigenvalue weighted by molar-refractivity contribution is 9.10. The van der Waals surface area contributed by atoms with Crippen LogP contribution in [0.15, 0.2) is 10.5 Å². The maximum absolute atomic E-state index is 5.83. The summed E-state index contributed by atoms with van der Waals surface area (Å²) in [5.74, 6) is 0.736. The Hall–Kier alpha value is -0.190. The SMILES string of the molecule is CCN1CCC(Cc2cc(Br)c(Cl)nn2)CC1. The van der Waals surface area contributed by atoms with Crippen molar-refractivity contribution in [3.8, 4) is 0 Å². The van der Waals surface area contributed by atoms with Gasteiger partial charge in [0.2, 0.25) is 0 Å². The van der Waals surface area contributed by atoms with Gasteiger partial charge in [0.1, 0.15) is 0 Å². The van der Waals surface area contributed by atoms with Gasteiger partial charge in [-0.3, -0.25) is 0 Å². The smallest absolute Gasteiger partial charge is 0.165 e. The number of hydrogen-bond donors (Lipinski definition) is 0. The zero-order chi connectivity index (χ0) is 12.3. The van der Waals surface area contributed by atoms with Crippen molar-refractivity contribution in [3.05, 3.63) is 21.4 Å². The van der Waals surface area contributed by atoms with Gasteiger partial charge in [0.15, 0.2) is 5.15 Å².